The van der Waals surface area contributed by atoms with E-state index in [9.17, 15) is 0 Å². The Hall–Kier alpha value is -1.17. The van der Waals surface area contributed by atoms with Gasteiger partial charge in [0.1, 0.15) is 5.69 Å². The van der Waals surface area contributed by atoms with Crippen LogP contribution < -0.4 is 5.73 Å². The lowest BCUT2D eigenvalue weighted by Gasteiger charge is -2.25. The molecule has 0 bridgehead atoms. The van der Waals surface area contributed by atoms with Gasteiger partial charge in [-0.25, -0.2) is 4.98 Å². The molecule has 1 aliphatic rings. The predicted molar refractivity (Wildman–Crippen MR) is 76.7 cm³/mol. The number of nitrogens with two attached hydrogens (primary N) is 1. The average molecular weight is 313 g/mol. The zero-order chi connectivity index (χ0) is 14.1. The predicted octanol–water partition coefficient (Wildman–Crippen LogP) is 3.42. The van der Waals surface area contributed by atoms with E-state index in [2.05, 4.69) is 15.1 Å². The van der Waals surface area contributed by atoms with Gasteiger partial charge in [0.25, 0.3) is 0 Å². The highest BCUT2D eigenvalue weighted by Gasteiger charge is 2.28. The number of halogens is 2. The molecule has 0 radical (unpaired) electrons. The molecule has 7 heteroatoms. The monoisotopic (exact) mass is 312 g/mol. The minimum absolute atomic E-state index is 0.0747. The molecule has 106 valence electrons. The molecule has 0 amide bonds. The molecule has 2 unspecified atom stereocenters. The number of rotatable bonds is 2. The van der Waals surface area contributed by atoms with Gasteiger partial charge >= 0.3 is 0 Å². The molecule has 3 rings (SSSR count). The van der Waals surface area contributed by atoms with Crippen molar-refractivity contribution in [2.24, 2.45) is 5.73 Å². The van der Waals surface area contributed by atoms with Crippen molar-refractivity contribution in [3.05, 3.63) is 28.2 Å². The van der Waals surface area contributed by atoms with Gasteiger partial charge in [0.15, 0.2) is 0 Å². The lowest BCUT2D eigenvalue weighted by molar-refractivity contribution is 0.290. The van der Waals surface area contributed by atoms with Crippen LogP contribution in [0.25, 0.3) is 11.5 Å². The quantitative estimate of drug-likeness (QED) is 0.919. The van der Waals surface area contributed by atoms with Crippen molar-refractivity contribution in [1.29, 1.82) is 0 Å². The van der Waals surface area contributed by atoms with E-state index in [-0.39, 0.29) is 12.0 Å². The van der Waals surface area contributed by atoms with Crippen LogP contribution in [0.4, 0.5) is 0 Å². The van der Waals surface area contributed by atoms with Crippen molar-refractivity contribution >= 4 is 23.2 Å². The van der Waals surface area contributed by atoms with Crippen LogP contribution in [0, 0.1) is 0 Å². The van der Waals surface area contributed by atoms with Crippen LogP contribution in [0.15, 0.2) is 16.8 Å². The molecule has 2 atom stereocenters. The summed E-state index contributed by atoms with van der Waals surface area (Å²) in [5.74, 6) is 1.07. The molecule has 2 aromatic heterocycles. The summed E-state index contributed by atoms with van der Waals surface area (Å²) in [5.41, 5.74) is 6.59. The van der Waals surface area contributed by atoms with Gasteiger partial charge < -0.3 is 10.3 Å². The summed E-state index contributed by atoms with van der Waals surface area (Å²) in [6.07, 6.45) is 5.76. The molecule has 0 spiro atoms. The fourth-order valence-electron chi connectivity index (χ4n) is 2.53. The minimum Gasteiger partial charge on any atom is -0.339 e. The first kappa shape index (κ1) is 13.8. The van der Waals surface area contributed by atoms with Gasteiger partial charge in [-0.15, -0.1) is 0 Å². The Bertz CT molecular complexity index is 616. The van der Waals surface area contributed by atoms with Crippen LogP contribution in [0.1, 0.15) is 37.5 Å². The molecule has 5 nitrogen and oxygen atoms in total. The summed E-state index contributed by atoms with van der Waals surface area (Å²) in [6, 6.07) is 1.68. The van der Waals surface area contributed by atoms with Gasteiger partial charge in [-0.3, -0.25) is 0 Å². The van der Waals surface area contributed by atoms with Crippen molar-refractivity contribution in [2.75, 3.05) is 0 Å². The summed E-state index contributed by atoms with van der Waals surface area (Å²) in [7, 11) is 0. The van der Waals surface area contributed by atoms with Crippen LogP contribution in [0.3, 0.4) is 0 Å². The van der Waals surface area contributed by atoms with Gasteiger partial charge in [-0.05, 0) is 18.9 Å². The van der Waals surface area contributed by atoms with Crippen LogP contribution in [-0.4, -0.2) is 21.2 Å². The fraction of sp³-hybridized carbons (Fsp3) is 0.462. The highest BCUT2D eigenvalue weighted by Crippen LogP contribution is 2.33. The molecule has 2 aromatic rings. The second-order valence-electron chi connectivity index (χ2n) is 4.99. The van der Waals surface area contributed by atoms with Crippen LogP contribution in [0.5, 0.6) is 0 Å². The van der Waals surface area contributed by atoms with Crippen molar-refractivity contribution in [3.63, 3.8) is 0 Å². The topological polar surface area (TPSA) is 77.8 Å². The normalized spacial score (nSPS) is 22.9. The highest BCUT2D eigenvalue weighted by atomic mass is 35.5. The molecule has 0 aromatic carbocycles. The standard InChI is InChI=1S/C13H14Cl2N4O/c14-7-5-9(15)11(17-6-7)12-18-13(20-19-12)8-3-1-2-4-10(8)16/h5-6,8,10H,1-4,16H2. The molecule has 0 saturated heterocycles. The van der Waals surface area contributed by atoms with E-state index in [0.717, 1.165) is 25.7 Å². The number of aromatic nitrogens is 3. The Labute approximate surface area is 126 Å². The molecule has 2 heterocycles. The second-order valence-corrected chi connectivity index (χ2v) is 5.84. The zero-order valence-electron chi connectivity index (χ0n) is 10.7. The van der Waals surface area contributed by atoms with E-state index < -0.39 is 0 Å². The third-order valence-electron chi connectivity index (χ3n) is 3.60. The lowest BCUT2D eigenvalue weighted by atomic mass is 9.85. The SMILES string of the molecule is NC1CCCCC1c1nc(-c2ncc(Cl)cc2Cl)no1. The van der Waals surface area contributed by atoms with Crippen LogP contribution >= 0.6 is 23.2 Å². The third kappa shape index (κ3) is 2.66. The Balaban J connectivity index is 1.89. The van der Waals surface area contributed by atoms with E-state index in [1.165, 1.54) is 6.20 Å². The summed E-state index contributed by atoms with van der Waals surface area (Å²) in [5, 5.41) is 4.82. The molecule has 1 saturated carbocycles. The minimum atomic E-state index is 0.0747. The maximum atomic E-state index is 6.12. The molecule has 20 heavy (non-hydrogen) atoms. The number of nitrogens with zero attached hydrogens (tertiary/aromatic N) is 3. The van der Waals surface area contributed by atoms with E-state index in [1.807, 2.05) is 0 Å². The summed E-state index contributed by atoms with van der Waals surface area (Å²) in [4.78, 5) is 8.54. The molecule has 1 fully saturated rings. The molecule has 0 aliphatic heterocycles. The molecular weight excluding hydrogens is 299 g/mol. The number of hydrogen-bond acceptors (Lipinski definition) is 5. The first-order valence-corrected chi connectivity index (χ1v) is 7.31. The molecular formula is C13H14Cl2N4O. The van der Waals surface area contributed by atoms with Gasteiger partial charge in [0, 0.05) is 12.2 Å². The van der Waals surface area contributed by atoms with Gasteiger partial charge in [-0.1, -0.05) is 41.2 Å². The fourth-order valence-corrected chi connectivity index (χ4v) is 2.99. The Kier molecular flexibility index (Phi) is 3.92. The number of hydrogen-bond donors (Lipinski definition) is 1. The second kappa shape index (κ2) is 5.68. The molecule has 2 N–H and O–H groups in total. The smallest absolute Gasteiger partial charge is 0.231 e. The van der Waals surface area contributed by atoms with E-state index in [0.29, 0.717) is 27.5 Å². The summed E-state index contributed by atoms with van der Waals surface area (Å²) < 4.78 is 5.34. The van der Waals surface area contributed by atoms with E-state index >= 15 is 0 Å². The summed E-state index contributed by atoms with van der Waals surface area (Å²) in [6.45, 7) is 0. The van der Waals surface area contributed by atoms with Crippen molar-refractivity contribution < 1.29 is 4.52 Å². The average Bonchev–Trinajstić information content (AvgIpc) is 2.88. The third-order valence-corrected chi connectivity index (χ3v) is 4.09. The zero-order valence-corrected chi connectivity index (χ0v) is 12.2. The van der Waals surface area contributed by atoms with Crippen molar-refractivity contribution in [2.45, 2.75) is 37.6 Å². The first-order valence-electron chi connectivity index (χ1n) is 6.56. The van der Waals surface area contributed by atoms with Crippen LogP contribution in [-0.2, 0) is 0 Å². The maximum absolute atomic E-state index is 6.12. The van der Waals surface area contributed by atoms with Crippen molar-refractivity contribution in [3.8, 4) is 11.5 Å². The summed E-state index contributed by atoms with van der Waals surface area (Å²) >= 11 is 11.9. The largest absolute Gasteiger partial charge is 0.339 e. The Morgan fingerprint density at radius 2 is 2.05 bits per heavy atom. The van der Waals surface area contributed by atoms with E-state index in [1.54, 1.807) is 6.07 Å². The van der Waals surface area contributed by atoms with Gasteiger partial charge in [0.05, 0.1) is 16.0 Å². The lowest BCUT2D eigenvalue weighted by Crippen LogP contribution is -2.31. The van der Waals surface area contributed by atoms with Gasteiger partial charge in [0.2, 0.25) is 11.7 Å². The Morgan fingerprint density at radius 1 is 1.25 bits per heavy atom. The maximum Gasteiger partial charge on any atom is 0.231 e. The Morgan fingerprint density at radius 3 is 2.80 bits per heavy atom. The van der Waals surface area contributed by atoms with Gasteiger partial charge in [-0.2, -0.15) is 4.98 Å². The highest BCUT2D eigenvalue weighted by molar-refractivity contribution is 6.35. The van der Waals surface area contributed by atoms with Crippen molar-refractivity contribution in [1.82, 2.24) is 15.1 Å². The van der Waals surface area contributed by atoms with E-state index in [4.69, 9.17) is 33.5 Å². The number of pyridine rings is 1. The molecule has 1 aliphatic carbocycles. The van der Waals surface area contributed by atoms with Crippen LogP contribution in [0.2, 0.25) is 10.0 Å². The first-order chi connectivity index (χ1) is 9.65.